The van der Waals surface area contributed by atoms with Gasteiger partial charge < -0.3 is 35.1 Å². The second-order valence-electron chi connectivity index (χ2n) is 8.26. The molecule has 0 fully saturated rings. The quantitative estimate of drug-likeness (QED) is 0.101. The summed E-state index contributed by atoms with van der Waals surface area (Å²) >= 11 is 0. The summed E-state index contributed by atoms with van der Waals surface area (Å²) in [5.74, 6) is 0.315. The summed E-state index contributed by atoms with van der Waals surface area (Å²) in [7, 11) is 0. The van der Waals surface area contributed by atoms with Gasteiger partial charge in [-0.3, -0.25) is 0 Å². The van der Waals surface area contributed by atoms with Crippen LogP contribution in [0.3, 0.4) is 0 Å². The Kier molecular flexibility index (Phi) is 21.7. The topological polar surface area (TPSA) is 17.1 Å². The predicted octanol–water partition coefficient (Wildman–Crippen LogP) is 9.25. The van der Waals surface area contributed by atoms with Crippen LogP contribution < -0.4 is 0 Å². The van der Waals surface area contributed by atoms with Crippen molar-refractivity contribution >= 4 is 5.78 Å². The normalized spacial score (nSPS) is 10.2. The van der Waals surface area contributed by atoms with Gasteiger partial charge in [0.1, 0.15) is 5.78 Å². The molecule has 0 heterocycles. The van der Waals surface area contributed by atoms with Crippen LogP contribution in [0, 0.1) is 0 Å². The summed E-state index contributed by atoms with van der Waals surface area (Å²) in [6.07, 6.45) is 21.3. The minimum Gasteiger partial charge on any atom is -0.748 e. The van der Waals surface area contributed by atoms with Gasteiger partial charge in [0.15, 0.2) is 0 Å². The minimum atomic E-state index is 0. The number of ketones is 1. The van der Waals surface area contributed by atoms with E-state index in [1.54, 1.807) is 0 Å². The Labute approximate surface area is 197 Å². The summed E-state index contributed by atoms with van der Waals surface area (Å²) in [5.41, 5.74) is 0.889. The van der Waals surface area contributed by atoms with E-state index in [0.717, 1.165) is 18.4 Å². The maximum absolute atomic E-state index is 11.8. The number of carbonyl (C=O) groups is 1. The van der Waals surface area contributed by atoms with Crippen LogP contribution in [0.15, 0.2) is 54.6 Å². The Morgan fingerprint density at radius 3 is 1.30 bits per heavy atom. The Morgan fingerprint density at radius 1 is 0.600 bits per heavy atom. The van der Waals surface area contributed by atoms with Crippen LogP contribution >= 0.6 is 0 Å². The zero-order valence-corrected chi connectivity index (χ0v) is 20.4. The van der Waals surface area contributed by atoms with Gasteiger partial charge in [0.2, 0.25) is 0 Å². The minimum absolute atomic E-state index is 0. The number of rotatable bonds is 17. The predicted molar refractivity (Wildman–Crippen MR) is 128 cm³/mol. The standard InChI is InChI=1S/C23H39O.C5H5.Fe/c1-2-3-4-5-6-7-8-9-10-11-12-13-14-15-16-21-23(24)22-19-17-18-20-22;1-2-4-5-3-1;/h17-20H,2-16,21H2,1H3;1-5H;/q-1;-5;. The third-order valence-corrected chi connectivity index (χ3v) is 5.55. The zero-order chi connectivity index (χ0) is 20.8. The largest absolute Gasteiger partial charge is 0.748 e. The molecule has 0 aliphatic heterocycles. The van der Waals surface area contributed by atoms with E-state index in [-0.39, 0.29) is 17.1 Å². The molecular formula is C28H44FeO-6. The van der Waals surface area contributed by atoms with Gasteiger partial charge >= 0.3 is 0 Å². The van der Waals surface area contributed by atoms with Crippen LogP contribution in [0.1, 0.15) is 120 Å². The molecule has 0 bridgehead atoms. The van der Waals surface area contributed by atoms with E-state index in [1.165, 1.54) is 89.9 Å². The molecule has 0 atom stereocenters. The molecule has 0 radical (unpaired) electrons. The summed E-state index contributed by atoms with van der Waals surface area (Å²) in [6.45, 7) is 2.28. The number of hydrogen-bond donors (Lipinski definition) is 0. The van der Waals surface area contributed by atoms with Crippen molar-refractivity contribution < 1.29 is 21.9 Å². The van der Waals surface area contributed by atoms with Crippen molar-refractivity contribution in [2.75, 3.05) is 0 Å². The van der Waals surface area contributed by atoms with E-state index in [9.17, 15) is 4.79 Å². The maximum atomic E-state index is 11.8. The smallest absolute Gasteiger partial charge is 0.108 e. The number of carbonyl (C=O) groups excluding carboxylic acids is 1. The van der Waals surface area contributed by atoms with E-state index < -0.39 is 0 Å². The molecule has 0 saturated heterocycles. The van der Waals surface area contributed by atoms with Crippen LogP contribution in [-0.4, -0.2) is 5.78 Å². The molecular weight excluding hydrogens is 408 g/mol. The van der Waals surface area contributed by atoms with E-state index in [0.29, 0.717) is 5.78 Å². The van der Waals surface area contributed by atoms with Crippen molar-refractivity contribution in [3.05, 3.63) is 60.2 Å². The molecule has 0 unspecified atom stereocenters. The molecule has 0 N–H and O–H groups in total. The molecule has 0 aromatic heterocycles. The van der Waals surface area contributed by atoms with E-state index in [4.69, 9.17) is 0 Å². The van der Waals surface area contributed by atoms with Crippen molar-refractivity contribution in [2.45, 2.75) is 110 Å². The molecule has 0 amide bonds. The molecule has 0 spiro atoms. The maximum Gasteiger partial charge on any atom is 0.108 e. The first-order chi connectivity index (χ1) is 14.3. The van der Waals surface area contributed by atoms with Crippen LogP contribution in [0.2, 0.25) is 0 Å². The molecule has 1 nitrogen and oxygen atoms in total. The molecule has 0 aliphatic carbocycles. The van der Waals surface area contributed by atoms with Gasteiger partial charge in [0, 0.05) is 17.1 Å². The molecule has 176 valence electrons. The summed E-state index contributed by atoms with van der Waals surface area (Å²) in [6, 6.07) is 17.7. The van der Waals surface area contributed by atoms with Crippen LogP contribution in [0.25, 0.3) is 0 Å². The third-order valence-electron chi connectivity index (χ3n) is 5.55. The second kappa shape index (κ2) is 22.6. The average molecular weight is 453 g/mol. The van der Waals surface area contributed by atoms with Crippen molar-refractivity contribution in [1.82, 2.24) is 0 Å². The number of unbranched alkanes of at least 4 members (excludes halogenated alkanes) is 14. The summed E-state index contributed by atoms with van der Waals surface area (Å²) in [4.78, 5) is 11.8. The first-order valence-electron chi connectivity index (χ1n) is 12.3. The van der Waals surface area contributed by atoms with Gasteiger partial charge in [0.05, 0.1) is 0 Å². The van der Waals surface area contributed by atoms with Gasteiger partial charge in [-0.2, -0.15) is 12.1 Å². The Balaban J connectivity index is 0.00000122. The number of Topliss-reactive ketones (excluding diaryl/α,β-unsaturated/α-hetero) is 1. The molecule has 0 aliphatic rings. The van der Waals surface area contributed by atoms with Crippen molar-refractivity contribution in [2.24, 2.45) is 0 Å². The van der Waals surface area contributed by atoms with Crippen molar-refractivity contribution in [3.63, 3.8) is 0 Å². The van der Waals surface area contributed by atoms with Gasteiger partial charge in [0.25, 0.3) is 0 Å². The first kappa shape index (κ1) is 28.9. The molecule has 2 heteroatoms. The SMILES string of the molecule is CCCCCCCCCCCCCCCCCC(=O)[c-]1cccc1.[Fe].[cH-]1[cH-][cH-][cH-][cH-]1. The molecule has 2 aromatic rings. The molecule has 2 rings (SSSR count). The molecule has 2 aromatic carbocycles. The van der Waals surface area contributed by atoms with Crippen molar-refractivity contribution in [3.8, 4) is 0 Å². The fourth-order valence-corrected chi connectivity index (χ4v) is 3.68. The van der Waals surface area contributed by atoms with Crippen molar-refractivity contribution in [1.29, 1.82) is 0 Å². The van der Waals surface area contributed by atoms with E-state index >= 15 is 0 Å². The average Bonchev–Trinajstić information content (AvgIpc) is 3.47. The van der Waals surface area contributed by atoms with Crippen LogP contribution in [-0.2, 0) is 17.1 Å². The fraction of sp³-hybridized carbons (Fsp3) is 0.607. The Bertz CT molecular complexity index is 524. The Morgan fingerprint density at radius 2 is 0.933 bits per heavy atom. The second-order valence-corrected chi connectivity index (χ2v) is 8.26. The van der Waals surface area contributed by atoms with Gasteiger partial charge in [-0.25, -0.2) is 12.1 Å². The molecule has 30 heavy (non-hydrogen) atoms. The van der Waals surface area contributed by atoms with Crippen LogP contribution in [0.4, 0.5) is 0 Å². The first-order valence-corrected chi connectivity index (χ1v) is 12.3. The fourth-order valence-electron chi connectivity index (χ4n) is 3.68. The van der Waals surface area contributed by atoms with Gasteiger partial charge in [-0.15, -0.1) is 0 Å². The number of hydrogen-bond acceptors (Lipinski definition) is 1. The third kappa shape index (κ3) is 17.7. The van der Waals surface area contributed by atoms with Gasteiger partial charge in [-0.1, -0.05) is 102 Å². The monoisotopic (exact) mass is 452 g/mol. The zero-order valence-electron chi connectivity index (χ0n) is 19.3. The van der Waals surface area contributed by atoms with Crippen LogP contribution in [0.5, 0.6) is 0 Å². The summed E-state index contributed by atoms with van der Waals surface area (Å²) in [5, 5.41) is 0. The Hall–Kier alpha value is -1.11. The summed E-state index contributed by atoms with van der Waals surface area (Å²) < 4.78 is 0. The van der Waals surface area contributed by atoms with Gasteiger partial charge in [-0.05, 0) is 12.8 Å². The molecule has 0 saturated carbocycles. The van der Waals surface area contributed by atoms with E-state index in [2.05, 4.69) is 6.92 Å². The van der Waals surface area contributed by atoms with E-state index in [1.807, 2.05) is 54.6 Å².